The quantitative estimate of drug-likeness (QED) is 0.558. The van der Waals surface area contributed by atoms with Crippen molar-refractivity contribution in [2.24, 2.45) is 0 Å². The van der Waals surface area contributed by atoms with Crippen molar-refractivity contribution in [2.75, 3.05) is 11.5 Å². The van der Waals surface area contributed by atoms with E-state index < -0.39 is 0 Å². The van der Waals surface area contributed by atoms with Gasteiger partial charge in [-0.1, -0.05) is 35.9 Å². The number of hydrogen-bond acceptors (Lipinski definition) is 5. The van der Waals surface area contributed by atoms with Gasteiger partial charge in [0.05, 0.1) is 15.9 Å². The van der Waals surface area contributed by atoms with Crippen LogP contribution in [0.1, 0.15) is 0 Å². The molecule has 0 amide bonds. The molecule has 4 N–H and O–H groups in total. The van der Waals surface area contributed by atoms with Gasteiger partial charge in [-0.3, -0.25) is 4.98 Å². The van der Waals surface area contributed by atoms with Gasteiger partial charge in [-0.25, -0.2) is 4.98 Å². The second-order valence-electron chi connectivity index (χ2n) is 5.23. The molecule has 112 valence electrons. The Morgan fingerprint density at radius 2 is 1.78 bits per heavy atom. The zero-order valence-electron chi connectivity index (χ0n) is 12.0. The smallest absolute Gasteiger partial charge is 0.222 e. The highest BCUT2D eigenvalue weighted by Gasteiger charge is 2.12. The Morgan fingerprint density at radius 1 is 0.957 bits per heavy atom. The first-order valence-electron chi connectivity index (χ1n) is 6.99. The first kappa shape index (κ1) is 13.7. The fourth-order valence-corrected chi connectivity index (χ4v) is 3.07. The summed E-state index contributed by atoms with van der Waals surface area (Å²) < 4.78 is 0. The van der Waals surface area contributed by atoms with E-state index in [0.29, 0.717) is 15.9 Å². The third-order valence-electron chi connectivity index (χ3n) is 3.77. The number of nitrogens with zero attached hydrogens (tertiary/aromatic N) is 3. The molecule has 0 atom stereocenters. The number of fused-ring (bicyclic) bond motifs is 2. The molecular formula is C17H12ClN5. The Morgan fingerprint density at radius 3 is 2.65 bits per heavy atom. The topological polar surface area (TPSA) is 90.7 Å². The number of rotatable bonds is 1. The van der Waals surface area contributed by atoms with Gasteiger partial charge in [0.25, 0.3) is 0 Å². The lowest BCUT2D eigenvalue weighted by Crippen LogP contribution is -2.01. The predicted molar refractivity (Wildman–Crippen MR) is 94.1 cm³/mol. The minimum Gasteiger partial charge on any atom is -0.383 e. The van der Waals surface area contributed by atoms with Crippen LogP contribution in [0.25, 0.3) is 32.8 Å². The number of benzene rings is 2. The summed E-state index contributed by atoms with van der Waals surface area (Å²) in [6, 6.07) is 11.8. The molecule has 4 rings (SSSR count). The van der Waals surface area contributed by atoms with Crippen molar-refractivity contribution in [3.8, 4) is 11.1 Å². The van der Waals surface area contributed by atoms with Crippen molar-refractivity contribution in [2.45, 2.75) is 0 Å². The van der Waals surface area contributed by atoms with Crippen LogP contribution in [0.2, 0.25) is 5.02 Å². The van der Waals surface area contributed by atoms with Crippen molar-refractivity contribution in [1.29, 1.82) is 0 Å². The molecule has 2 aromatic heterocycles. The Balaban J connectivity index is 2.06. The fraction of sp³-hybridized carbons (Fsp3) is 0. The summed E-state index contributed by atoms with van der Waals surface area (Å²) in [5, 5.41) is 3.25. The van der Waals surface area contributed by atoms with E-state index in [-0.39, 0.29) is 11.8 Å². The molecule has 0 aliphatic rings. The Kier molecular flexibility index (Phi) is 3.02. The normalized spacial score (nSPS) is 11.2. The van der Waals surface area contributed by atoms with Gasteiger partial charge in [-0.05, 0) is 23.1 Å². The van der Waals surface area contributed by atoms with E-state index in [0.717, 1.165) is 21.9 Å². The third kappa shape index (κ3) is 2.22. The molecule has 0 aliphatic heterocycles. The zero-order valence-corrected chi connectivity index (χ0v) is 12.7. The van der Waals surface area contributed by atoms with Crippen molar-refractivity contribution < 1.29 is 0 Å². The van der Waals surface area contributed by atoms with Gasteiger partial charge in [0.1, 0.15) is 5.82 Å². The van der Waals surface area contributed by atoms with Gasteiger partial charge in [0.2, 0.25) is 5.95 Å². The van der Waals surface area contributed by atoms with E-state index in [1.54, 1.807) is 0 Å². The molecular weight excluding hydrogens is 310 g/mol. The van der Waals surface area contributed by atoms with Gasteiger partial charge in [0, 0.05) is 23.3 Å². The highest BCUT2D eigenvalue weighted by Crippen LogP contribution is 2.35. The molecule has 0 bridgehead atoms. The molecule has 0 radical (unpaired) electrons. The minimum absolute atomic E-state index is 0.124. The average Bonchev–Trinajstić information content (AvgIpc) is 2.53. The summed E-state index contributed by atoms with van der Waals surface area (Å²) >= 11 is 6.40. The monoisotopic (exact) mass is 321 g/mol. The highest BCUT2D eigenvalue weighted by molar-refractivity contribution is 6.36. The Hall–Kier alpha value is -2.92. The molecule has 5 nitrogen and oxygen atoms in total. The van der Waals surface area contributed by atoms with Crippen LogP contribution in [0.15, 0.2) is 48.8 Å². The van der Waals surface area contributed by atoms with Gasteiger partial charge in [-0.15, -0.1) is 0 Å². The van der Waals surface area contributed by atoms with E-state index in [1.165, 1.54) is 0 Å². The highest BCUT2D eigenvalue weighted by atomic mass is 35.5. The maximum atomic E-state index is 6.40. The minimum atomic E-state index is 0.124. The zero-order chi connectivity index (χ0) is 16.0. The number of aromatic nitrogens is 3. The number of hydrogen-bond donors (Lipinski definition) is 2. The Bertz CT molecular complexity index is 1060. The number of nitrogen functional groups attached to an aromatic ring is 2. The molecule has 2 heterocycles. The predicted octanol–water partition coefficient (Wildman–Crippen LogP) is 3.66. The molecule has 0 aliphatic carbocycles. The summed E-state index contributed by atoms with van der Waals surface area (Å²) in [6.07, 6.45) is 3.65. The van der Waals surface area contributed by atoms with Gasteiger partial charge in [0.15, 0.2) is 0 Å². The standard InChI is InChI=1S/C17H12ClN5/c18-13-5-10(6-14-15(13)16(19)23-17(20)22-14)12-8-21-7-9-3-1-2-4-11(9)12/h1-8H,(H4,19,20,22,23). The van der Waals surface area contributed by atoms with Crippen molar-refractivity contribution >= 4 is 45.0 Å². The van der Waals surface area contributed by atoms with Crippen LogP contribution in [-0.2, 0) is 0 Å². The van der Waals surface area contributed by atoms with Gasteiger partial charge >= 0.3 is 0 Å². The van der Waals surface area contributed by atoms with Crippen LogP contribution >= 0.6 is 11.6 Å². The molecule has 23 heavy (non-hydrogen) atoms. The average molecular weight is 322 g/mol. The van der Waals surface area contributed by atoms with Crippen LogP contribution in [0.4, 0.5) is 11.8 Å². The van der Waals surface area contributed by atoms with E-state index in [4.69, 9.17) is 23.1 Å². The molecule has 0 saturated heterocycles. The lowest BCUT2D eigenvalue weighted by molar-refractivity contribution is 1.25. The second kappa shape index (κ2) is 5.07. The fourth-order valence-electron chi connectivity index (χ4n) is 2.76. The SMILES string of the molecule is Nc1nc(N)c2c(Cl)cc(-c3cncc4ccccc34)cc2n1. The molecule has 2 aromatic carbocycles. The van der Waals surface area contributed by atoms with Crippen molar-refractivity contribution in [3.05, 3.63) is 53.8 Å². The lowest BCUT2D eigenvalue weighted by Gasteiger charge is -2.10. The number of halogens is 1. The third-order valence-corrected chi connectivity index (χ3v) is 4.07. The van der Waals surface area contributed by atoms with Crippen molar-refractivity contribution in [1.82, 2.24) is 15.0 Å². The number of pyridine rings is 1. The van der Waals surface area contributed by atoms with Crippen LogP contribution in [0.5, 0.6) is 0 Å². The first-order chi connectivity index (χ1) is 11.1. The van der Waals surface area contributed by atoms with Crippen LogP contribution in [0, 0.1) is 0 Å². The van der Waals surface area contributed by atoms with Crippen LogP contribution in [-0.4, -0.2) is 15.0 Å². The summed E-state index contributed by atoms with van der Waals surface area (Å²) in [4.78, 5) is 12.5. The van der Waals surface area contributed by atoms with E-state index in [9.17, 15) is 0 Å². The molecule has 0 saturated carbocycles. The van der Waals surface area contributed by atoms with Crippen molar-refractivity contribution in [3.63, 3.8) is 0 Å². The van der Waals surface area contributed by atoms with E-state index in [2.05, 4.69) is 15.0 Å². The molecule has 0 spiro atoms. The summed E-state index contributed by atoms with van der Waals surface area (Å²) in [7, 11) is 0. The maximum Gasteiger partial charge on any atom is 0.222 e. The van der Waals surface area contributed by atoms with E-state index >= 15 is 0 Å². The number of anilines is 2. The summed E-state index contributed by atoms with van der Waals surface area (Å²) in [5.74, 6) is 0.402. The Labute approximate surface area is 136 Å². The summed E-state index contributed by atoms with van der Waals surface area (Å²) in [5.41, 5.74) is 14.1. The largest absolute Gasteiger partial charge is 0.383 e. The van der Waals surface area contributed by atoms with Crippen LogP contribution < -0.4 is 11.5 Å². The van der Waals surface area contributed by atoms with E-state index in [1.807, 2.05) is 48.8 Å². The van der Waals surface area contributed by atoms with Gasteiger partial charge < -0.3 is 11.5 Å². The summed E-state index contributed by atoms with van der Waals surface area (Å²) in [6.45, 7) is 0. The van der Waals surface area contributed by atoms with Crippen LogP contribution in [0.3, 0.4) is 0 Å². The first-order valence-corrected chi connectivity index (χ1v) is 7.36. The maximum absolute atomic E-state index is 6.40. The number of nitrogens with two attached hydrogens (primary N) is 2. The molecule has 6 heteroatoms. The lowest BCUT2D eigenvalue weighted by atomic mass is 10.00. The van der Waals surface area contributed by atoms with Gasteiger partial charge in [-0.2, -0.15) is 4.98 Å². The molecule has 4 aromatic rings. The molecule has 0 fully saturated rings. The second-order valence-corrected chi connectivity index (χ2v) is 5.63. The molecule has 0 unspecified atom stereocenters.